The van der Waals surface area contributed by atoms with Crippen LogP contribution in [0.3, 0.4) is 0 Å². The molecule has 0 unspecified atom stereocenters. The highest BCUT2D eigenvalue weighted by atomic mass is 79.9. The number of fused-ring (bicyclic) bond motifs is 1. The van der Waals surface area contributed by atoms with Crippen molar-refractivity contribution in [1.82, 2.24) is 9.55 Å². The molecule has 0 bridgehead atoms. The van der Waals surface area contributed by atoms with Crippen LogP contribution < -0.4 is 4.74 Å². The predicted molar refractivity (Wildman–Crippen MR) is 91.4 cm³/mol. The summed E-state index contributed by atoms with van der Waals surface area (Å²) in [5, 5.41) is 0.790. The van der Waals surface area contributed by atoms with Gasteiger partial charge in [-0.15, -0.1) is 17.0 Å². The Morgan fingerprint density at radius 2 is 2.23 bits per heavy atom. The van der Waals surface area contributed by atoms with Crippen molar-refractivity contribution >= 4 is 45.6 Å². The lowest BCUT2D eigenvalue weighted by molar-refractivity contribution is 0.0992. The van der Waals surface area contributed by atoms with Gasteiger partial charge in [0.05, 0.1) is 30.2 Å². The summed E-state index contributed by atoms with van der Waals surface area (Å²) in [6, 6.07) is 9.11. The molecule has 2 heterocycles. The van der Waals surface area contributed by atoms with E-state index in [0.29, 0.717) is 11.5 Å². The number of hydrogen-bond donors (Lipinski definition) is 0. The molecule has 3 aromatic rings. The predicted octanol–water partition coefficient (Wildman–Crippen LogP) is 3.73. The topological polar surface area (TPSA) is 57.3 Å². The summed E-state index contributed by atoms with van der Waals surface area (Å²) in [7, 11) is 3.56. The van der Waals surface area contributed by atoms with Gasteiger partial charge in [-0.1, -0.05) is 11.8 Å². The van der Waals surface area contributed by atoms with E-state index in [1.54, 1.807) is 19.2 Å². The normalized spacial score (nSPS) is 10.5. The Hall–Kier alpha value is -1.73. The number of carbonyl (C=O) groups excluding carboxylic acids is 1. The highest BCUT2D eigenvalue weighted by Gasteiger charge is 2.13. The maximum absolute atomic E-state index is 11.9. The van der Waals surface area contributed by atoms with Crippen LogP contribution in [0.15, 0.2) is 46.2 Å². The molecule has 0 aliphatic rings. The number of benzene rings is 1. The number of ketones is 1. The van der Waals surface area contributed by atoms with Crippen LogP contribution in [0.5, 0.6) is 5.75 Å². The first-order valence-electron chi connectivity index (χ1n) is 6.39. The average Bonchev–Trinajstić information content (AvgIpc) is 3.13. The number of ether oxygens (including phenoxy) is 1. The van der Waals surface area contributed by atoms with Crippen LogP contribution in [0.2, 0.25) is 0 Å². The number of furan rings is 1. The summed E-state index contributed by atoms with van der Waals surface area (Å²) in [6.07, 6.45) is 1.50. The SMILES string of the molecule is Br.COc1ccc2c(c1)nc(SCC(=O)c1ccco1)n2C. The maximum atomic E-state index is 11.9. The van der Waals surface area contributed by atoms with Crippen molar-refractivity contribution in [3.8, 4) is 5.75 Å². The third-order valence-electron chi connectivity index (χ3n) is 3.18. The second-order valence-electron chi connectivity index (χ2n) is 4.50. The first kappa shape index (κ1) is 16.6. The molecule has 7 heteroatoms. The van der Waals surface area contributed by atoms with E-state index in [1.807, 2.05) is 29.8 Å². The molecule has 116 valence electrons. The molecule has 5 nitrogen and oxygen atoms in total. The lowest BCUT2D eigenvalue weighted by atomic mass is 10.3. The van der Waals surface area contributed by atoms with Crippen molar-refractivity contribution in [2.24, 2.45) is 7.05 Å². The number of halogens is 1. The van der Waals surface area contributed by atoms with Crippen LogP contribution in [-0.2, 0) is 7.05 Å². The minimum Gasteiger partial charge on any atom is -0.497 e. The van der Waals surface area contributed by atoms with Crippen LogP contribution in [0.4, 0.5) is 0 Å². The summed E-state index contributed by atoms with van der Waals surface area (Å²) in [6.45, 7) is 0. The second kappa shape index (κ2) is 7.02. The minimum absolute atomic E-state index is 0. The van der Waals surface area contributed by atoms with Gasteiger partial charge in [0.2, 0.25) is 5.78 Å². The van der Waals surface area contributed by atoms with E-state index in [-0.39, 0.29) is 22.8 Å². The smallest absolute Gasteiger partial charge is 0.208 e. The monoisotopic (exact) mass is 382 g/mol. The molecule has 0 N–H and O–H groups in total. The van der Waals surface area contributed by atoms with Gasteiger partial charge in [-0.25, -0.2) is 4.98 Å². The number of methoxy groups -OCH3 is 1. The van der Waals surface area contributed by atoms with Gasteiger partial charge in [0.15, 0.2) is 10.9 Å². The van der Waals surface area contributed by atoms with Gasteiger partial charge < -0.3 is 13.7 Å². The first-order valence-corrected chi connectivity index (χ1v) is 7.37. The third kappa shape index (κ3) is 3.20. The molecule has 2 aromatic heterocycles. The second-order valence-corrected chi connectivity index (χ2v) is 5.44. The molecule has 0 spiro atoms. The molecule has 0 saturated heterocycles. The van der Waals surface area contributed by atoms with Gasteiger partial charge in [-0.2, -0.15) is 0 Å². The number of thioether (sulfide) groups is 1. The molecule has 0 atom stereocenters. The number of nitrogens with zero attached hydrogens (tertiary/aromatic N) is 2. The van der Waals surface area contributed by atoms with Crippen molar-refractivity contribution in [3.05, 3.63) is 42.4 Å². The number of aromatic nitrogens is 2. The van der Waals surface area contributed by atoms with Crippen LogP contribution in [0.25, 0.3) is 11.0 Å². The summed E-state index contributed by atoms with van der Waals surface area (Å²) in [4.78, 5) is 16.5. The van der Waals surface area contributed by atoms with E-state index in [9.17, 15) is 4.79 Å². The molecule has 22 heavy (non-hydrogen) atoms. The summed E-state index contributed by atoms with van der Waals surface area (Å²) in [5.74, 6) is 1.39. The number of carbonyl (C=O) groups is 1. The molecule has 0 saturated carbocycles. The zero-order chi connectivity index (χ0) is 14.8. The van der Waals surface area contributed by atoms with Crippen molar-refractivity contribution in [1.29, 1.82) is 0 Å². The molecular formula is C15H15BrN2O3S. The lowest BCUT2D eigenvalue weighted by Crippen LogP contribution is -2.02. The zero-order valence-electron chi connectivity index (χ0n) is 12.1. The Morgan fingerprint density at radius 3 is 2.91 bits per heavy atom. The van der Waals surface area contributed by atoms with E-state index in [1.165, 1.54) is 18.0 Å². The van der Waals surface area contributed by atoms with E-state index >= 15 is 0 Å². The molecular weight excluding hydrogens is 368 g/mol. The summed E-state index contributed by atoms with van der Waals surface area (Å²) < 4.78 is 12.3. The van der Waals surface area contributed by atoms with Crippen LogP contribution in [0, 0.1) is 0 Å². The molecule has 1 aromatic carbocycles. The van der Waals surface area contributed by atoms with E-state index < -0.39 is 0 Å². The van der Waals surface area contributed by atoms with Gasteiger partial charge >= 0.3 is 0 Å². The van der Waals surface area contributed by atoms with Gasteiger partial charge in [0.1, 0.15) is 5.75 Å². The Kier molecular flexibility index (Phi) is 5.31. The molecule has 0 aliphatic carbocycles. The third-order valence-corrected chi connectivity index (χ3v) is 4.21. The Morgan fingerprint density at radius 1 is 1.41 bits per heavy atom. The lowest BCUT2D eigenvalue weighted by Gasteiger charge is -2.01. The number of aryl methyl sites for hydroxylation is 1. The van der Waals surface area contributed by atoms with Gasteiger partial charge in [0.25, 0.3) is 0 Å². The van der Waals surface area contributed by atoms with Crippen LogP contribution in [0.1, 0.15) is 10.6 Å². The number of rotatable bonds is 5. The first-order chi connectivity index (χ1) is 10.2. The molecule has 0 aliphatic heterocycles. The summed E-state index contributed by atoms with van der Waals surface area (Å²) in [5.41, 5.74) is 1.86. The van der Waals surface area contributed by atoms with Crippen molar-refractivity contribution in [2.45, 2.75) is 5.16 Å². The Labute approximate surface area is 142 Å². The van der Waals surface area contributed by atoms with E-state index in [4.69, 9.17) is 9.15 Å². The van der Waals surface area contributed by atoms with Gasteiger partial charge in [0, 0.05) is 13.1 Å². The zero-order valence-corrected chi connectivity index (χ0v) is 14.6. The fraction of sp³-hybridized carbons (Fsp3) is 0.200. The number of Topliss-reactive ketones (excluding diaryl/α,β-unsaturated/α-hetero) is 1. The molecule has 0 amide bonds. The quantitative estimate of drug-likeness (QED) is 0.497. The average molecular weight is 383 g/mol. The number of imidazole rings is 1. The highest BCUT2D eigenvalue weighted by molar-refractivity contribution is 8.93. The van der Waals surface area contributed by atoms with Gasteiger partial charge in [-0.05, 0) is 24.3 Å². The van der Waals surface area contributed by atoms with Crippen LogP contribution in [-0.4, -0.2) is 28.2 Å². The molecule has 0 fully saturated rings. The Bertz CT molecular complexity index is 784. The van der Waals surface area contributed by atoms with Crippen molar-refractivity contribution in [3.63, 3.8) is 0 Å². The molecule has 3 rings (SSSR count). The van der Waals surface area contributed by atoms with Crippen LogP contribution >= 0.6 is 28.7 Å². The standard InChI is InChI=1S/C15H14N2O3S.BrH/c1-17-12-6-5-10(19-2)8-11(12)16-15(17)21-9-13(18)14-4-3-7-20-14;/h3-8H,9H2,1-2H3;1H. The fourth-order valence-electron chi connectivity index (χ4n) is 2.05. The van der Waals surface area contributed by atoms with E-state index in [2.05, 4.69) is 4.98 Å². The van der Waals surface area contributed by atoms with Crippen molar-refractivity contribution < 1.29 is 13.9 Å². The fourth-order valence-corrected chi connectivity index (χ4v) is 2.91. The van der Waals surface area contributed by atoms with Gasteiger partial charge in [-0.3, -0.25) is 4.79 Å². The van der Waals surface area contributed by atoms with E-state index in [0.717, 1.165) is 21.9 Å². The largest absolute Gasteiger partial charge is 0.497 e. The minimum atomic E-state index is -0.0466. The molecule has 0 radical (unpaired) electrons. The number of hydrogen-bond acceptors (Lipinski definition) is 5. The maximum Gasteiger partial charge on any atom is 0.208 e. The Balaban J connectivity index is 0.00000176. The highest BCUT2D eigenvalue weighted by Crippen LogP contribution is 2.26. The summed E-state index contributed by atoms with van der Waals surface area (Å²) >= 11 is 1.39. The van der Waals surface area contributed by atoms with Crippen molar-refractivity contribution in [2.75, 3.05) is 12.9 Å².